The number of esters is 2. The molecule has 10 heteroatoms. The van der Waals surface area contributed by atoms with E-state index in [0.717, 1.165) is 29.7 Å². The Morgan fingerprint density at radius 2 is 1.97 bits per heavy atom. The zero-order chi connectivity index (χ0) is 24.7. The van der Waals surface area contributed by atoms with Gasteiger partial charge in [-0.15, -0.1) is 11.3 Å². The first-order chi connectivity index (χ1) is 16.4. The van der Waals surface area contributed by atoms with Gasteiger partial charge in [0.1, 0.15) is 10.9 Å². The minimum Gasteiger partial charge on any atom is -0.469 e. The molecule has 180 valence electrons. The van der Waals surface area contributed by atoms with E-state index >= 15 is 0 Å². The number of ether oxygens (including phenoxy) is 2. The van der Waals surface area contributed by atoms with Crippen LogP contribution in [0.3, 0.4) is 0 Å². The summed E-state index contributed by atoms with van der Waals surface area (Å²) in [5.41, 5.74) is 1.76. The highest BCUT2D eigenvalue weighted by molar-refractivity contribution is 7.17. The lowest BCUT2D eigenvalue weighted by molar-refractivity contribution is -0.140. The summed E-state index contributed by atoms with van der Waals surface area (Å²) < 4.78 is 10.2. The van der Waals surface area contributed by atoms with Crippen molar-refractivity contribution in [1.29, 1.82) is 0 Å². The standard InChI is InChI=1S/C24H24Cl2N2O5S/c1-3-11-33-24(31)17-9-5-4-8-16(17)23(30)28(14-15-7-6-10-27-13-15)21-20(25)18(34-22(21)26)12-19(29)32-2/h3,6-7,10,13H,1,4-5,8-9,11-12,14H2,2H3. The van der Waals surface area contributed by atoms with Crippen LogP contribution in [0.1, 0.15) is 36.1 Å². The molecule has 0 aromatic carbocycles. The lowest BCUT2D eigenvalue weighted by Crippen LogP contribution is -2.34. The van der Waals surface area contributed by atoms with E-state index in [4.69, 9.17) is 32.7 Å². The topological polar surface area (TPSA) is 85.8 Å². The van der Waals surface area contributed by atoms with E-state index in [1.54, 1.807) is 18.5 Å². The average molecular weight is 523 g/mol. The maximum Gasteiger partial charge on any atom is 0.334 e. The van der Waals surface area contributed by atoms with E-state index in [9.17, 15) is 14.4 Å². The Balaban J connectivity index is 2.07. The van der Waals surface area contributed by atoms with Crippen LogP contribution in [-0.4, -0.2) is 36.5 Å². The quantitative estimate of drug-likeness (QED) is 0.328. The summed E-state index contributed by atoms with van der Waals surface area (Å²) in [5.74, 6) is -1.39. The highest BCUT2D eigenvalue weighted by atomic mass is 35.5. The first-order valence-corrected chi connectivity index (χ1v) is 12.2. The van der Waals surface area contributed by atoms with E-state index in [2.05, 4.69) is 11.6 Å². The van der Waals surface area contributed by atoms with Gasteiger partial charge in [0, 0.05) is 28.4 Å². The highest BCUT2D eigenvalue weighted by Gasteiger charge is 2.32. The van der Waals surface area contributed by atoms with Gasteiger partial charge in [0.2, 0.25) is 0 Å². The number of nitrogens with zero attached hydrogens (tertiary/aromatic N) is 2. The molecule has 1 aliphatic rings. The number of rotatable bonds is 9. The molecule has 0 spiro atoms. The van der Waals surface area contributed by atoms with E-state index in [1.807, 2.05) is 6.07 Å². The molecule has 0 saturated heterocycles. The predicted octanol–water partition coefficient (Wildman–Crippen LogP) is 5.30. The van der Waals surface area contributed by atoms with Crippen molar-refractivity contribution in [3.8, 4) is 0 Å². The Hall–Kier alpha value is -2.68. The van der Waals surface area contributed by atoms with E-state index < -0.39 is 11.9 Å². The van der Waals surface area contributed by atoms with Gasteiger partial charge in [-0.2, -0.15) is 0 Å². The summed E-state index contributed by atoms with van der Waals surface area (Å²) in [4.78, 5) is 44.5. The van der Waals surface area contributed by atoms with Crippen LogP contribution in [0.2, 0.25) is 9.36 Å². The van der Waals surface area contributed by atoms with Crippen molar-refractivity contribution in [2.75, 3.05) is 18.6 Å². The second-order valence-electron chi connectivity index (χ2n) is 7.52. The third kappa shape index (κ3) is 6.05. The minimum atomic E-state index is -0.529. The van der Waals surface area contributed by atoms with Crippen molar-refractivity contribution in [2.24, 2.45) is 0 Å². The van der Waals surface area contributed by atoms with Crippen LogP contribution in [0.25, 0.3) is 0 Å². The molecule has 1 amide bonds. The maximum absolute atomic E-state index is 13.9. The van der Waals surface area contributed by atoms with Gasteiger partial charge in [-0.05, 0) is 37.3 Å². The number of hydrogen-bond acceptors (Lipinski definition) is 7. The fourth-order valence-corrected chi connectivity index (χ4v) is 5.50. The molecule has 0 aliphatic heterocycles. The van der Waals surface area contributed by atoms with Crippen LogP contribution >= 0.6 is 34.5 Å². The fraction of sp³-hybridized carbons (Fsp3) is 0.333. The zero-order valence-electron chi connectivity index (χ0n) is 18.6. The molecule has 1 aliphatic carbocycles. The molecule has 2 aromatic rings. The summed E-state index contributed by atoms with van der Waals surface area (Å²) in [7, 11) is 1.28. The van der Waals surface area contributed by atoms with Gasteiger partial charge in [0.05, 0.1) is 30.8 Å². The molecule has 3 rings (SSSR count). The highest BCUT2D eigenvalue weighted by Crippen LogP contribution is 2.45. The molecular formula is C24H24Cl2N2O5S. The first kappa shape index (κ1) is 25.9. The summed E-state index contributed by atoms with van der Waals surface area (Å²) in [6, 6.07) is 3.58. The first-order valence-electron chi connectivity index (χ1n) is 10.6. The number of hydrogen-bond donors (Lipinski definition) is 0. The number of methoxy groups -OCH3 is 1. The monoisotopic (exact) mass is 522 g/mol. The van der Waals surface area contributed by atoms with Crippen LogP contribution in [0.4, 0.5) is 5.69 Å². The number of amides is 1. The van der Waals surface area contributed by atoms with Crippen molar-refractivity contribution >= 4 is 58.1 Å². The smallest absolute Gasteiger partial charge is 0.334 e. The fourth-order valence-electron chi connectivity index (χ4n) is 3.64. The number of pyridine rings is 1. The number of thiophene rings is 1. The number of anilines is 1. The number of carbonyl (C=O) groups is 3. The molecule has 0 N–H and O–H groups in total. The molecule has 7 nitrogen and oxygen atoms in total. The summed E-state index contributed by atoms with van der Waals surface area (Å²) in [6.45, 7) is 3.74. The second kappa shape index (κ2) is 12.1. The van der Waals surface area contributed by atoms with Crippen LogP contribution in [0.15, 0.2) is 48.3 Å². The van der Waals surface area contributed by atoms with Crippen molar-refractivity contribution in [3.63, 3.8) is 0 Å². The molecule has 2 heterocycles. The van der Waals surface area contributed by atoms with Crippen LogP contribution in [-0.2, 0) is 36.8 Å². The lowest BCUT2D eigenvalue weighted by atomic mass is 9.90. The van der Waals surface area contributed by atoms with Gasteiger partial charge in [0.25, 0.3) is 5.91 Å². The summed E-state index contributed by atoms with van der Waals surface area (Å²) in [5, 5.41) is 0.199. The SMILES string of the molecule is C=CCOC(=O)C1=C(C(=O)N(Cc2cccnc2)c2c(Cl)sc(CC(=O)OC)c2Cl)CCCC1. The van der Waals surface area contributed by atoms with Gasteiger partial charge in [0.15, 0.2) is 0 Å². The van der Waals surface area contributed by atoms with E-state index in [-0.39, 0.29) is 40.5 Å². The Morgan fingerprint density at radius 1 is 1.24 bits per heavy atom. The molecule has 0 atom stereocenters. The van der Waals surface area contributed by atoms with Crippen molar-refractivity contribution < 1.29 is 23.9 Å². The van der Waals surface area contributed by atoms with Gasteiger partial charge in [-0.3, -0.25) is 14.6 Å². The van der Waals surface area contributed by atoms with Crippen molar-refractivity contribution in [3.05, 3.63) is 68.1 Å². The molecule has 0 unspecified atom stereocenters. The molecule has 2 aromatic heterocycles. The number of halogens is 2. The Bertz CT molecular complexity index is 1110. The zero-order valence-corrected chi connectivity index (χ0v) is 21.0. The summed E-state index contributed by atoms with van der Waals surface area (Å²) in [6.07, 6.45) is 7.08. The lowest BCUT2D eigenvalue weighted by Gasteiger charge is -2.27. The molecule has 34 heavy (non-hydrogen) atoms. The van der Waals surface area contributed by atoms with Gasteiger partial charge >= 0.3 is 11.9 Å². The third-order valence-electron chi connectivity index (χ3n) is 5.27. The maximum atomic E-state index is 13.9. The van der Waals surface area contributed by atoms with Crippen molar-refractivity contribution in [1.82, 2.24) is 4.98 Å². The molecule has 0 bridgehead atoms. The Morgan fingerprint density at radius 3 is 2.62 bits per heavy atom. The number of carbonyl (C=O) groups excluding carboxylic acids is 3. The molecular weight excluding hydrogens is 499 g/mol. The van der Waals surface area contributed by atoms with Crippen LogP contribution < -0.4 is 4.90 Å². The van der Waals surface area contributed by atoms with E-state index in [1.165, 1.54) is 18.1 Å². The predicted molar refractivity (Wildman–Crippen MR) is 132 cm³/mol. The van der Waals surface area contributed by atoms with E-state index in [0.29, 0.717) is 28.9 Å². The van der Waals surface area contributed by atoms with Crippen LogP contribution in [0, 0.1) is 0 Å². The molecule has 0 fully saturated rings. The largest absolute Gasteiger partial charge is 0.469 e. The molecule has 0 saturated carbocycles. The van der Waals surface area contributed by atoms with Gasteiger partial charge < -0.3 is 14.4 Å². The normalized spacial score (nSPS) is 13.4. The number of aromatic nitrogens is 1. The Labute approximate surface area is 212 Å². The van der Waals surface area contributed by atoms with Gasteiger partial charge in [-0.1, -0.05) is 41.9 Å². The van der Waals surface area contributed by atoms with Gasteiger partial charge in [-0.25, -0.2) is 4.79 Å². The summed E-state index contributed by atoms with van der Waals surface area (Å²) >= 11 is 14.3. The second-order valence-corrected chi connectivity index (χ2v) is 9.60. The molecule has 0 radical (unpaired) electrons. The Kier molecular flexibility index (Phi) is 9.27. The van der Waals surface area contributed by atoms with Crippen molar-refractivity contribution in [2.45, 2.75) is 38.6 Å². The average Bonchev–Trinajstić information content (AvgIpc) is 3.13. The minimum absolute atomic E-state index is 0.0578. The van der Waals surface area contributed by atoms with Crippen LogP contribution in [0.5, 0.6) is 0 Å². The third-order valence-corrected chi connectivity index (χ3v) is 7.16.